The van der Waals surface area contributed by atoms with E-state index in [1.54, 1.807) is 0 Å². The van der Waals surface area contributed by atoms with Gasteiger partial charge in [-0.2, -0.15) is 23.5 Å². The second-order valence-corrected chi connectivity index (χ2v) is 8.26. The summed E-state index contributed by atoms with van der Waals surface area (Å²) in [7, 11) is 0. The Hall–Kier alpha value is -0.560. The number of carbonyl (C=O) groups excluding carboxylic acids is 1. The van der Waals surface area contributed by atoms with Gasteiger partial charge in [-0.1, -0.05) is 25.7 Å². The minimum Gasteiger partial charge on any atom is -0.480 e. The number of urea groups is 1. The minimum atomic E-state index is -1.07. The first-order valence-corrected chi connectivity index (χ1v) is 9.81. The van der Waals surface area contributed by atoms with Crippen molar-refractivity contribution in [3.05, 3.63) is 0 Å². The van der Waals surface area contributed by atoms with Crippen LogP contribution in [0.3, 0.4) is 0 Å². The predicted octanol–water partition coefficient (Wildman–Crippen LogP) is 2.31. The van der Waals surface area contributed by atoms with Gasteiger partial charge in [-0.05, 0) is 12.8 Å². The summed E-state index contributed by atoms with van der Waals surface area (Å²) >= 11 is 3.79. The predicted molar refractivity (Wildman–Crippen MR) is 88.2 cm³/mol. The van der Waals surface area contributed by atoms with Gasteiger partial charge < -0.3 is 15.7 Å². The van der Waals surface area contributed by atoms with Crippen LogP contribution in [0.2, 0.25) is 0 Å². The van der Waals surface area contributed by atoms with E-state index >= 15 is 0 Å². The van der Waals surface area contributed by atoms with Crippen molar-refractivity contribution < 1.29 is 14.7 Å². The Morgan fingerprint density at radius 1 is 1.14 bits per heavy atom. The van der Waals surface area contributed by atoms with Gasteiger partial charge in [-0.3, -0.25) is 0 Å². The molecule has 1 unspecified atom stereocenters. The second-order valence-electron chi connectivity index (χ2n) is 5.70. The van der Waals surface area contributed by atoms with Gasteiger partial charge in [0, 0.05) is 29.1 Å². The fourth-order valence-corrected chi connectivity index (χ4v) is 5.46. The molecular weight excluding hydrogens is 308 g/mol. The zero-order chi connectivity index (χ0) is 15.1. The number of rotatable bonds is 4. The molecule has 1 saturated carbocycles. The molecule has 0 aromatic carbocycles. The van der Waals surface area contributed by atoms with Crippen molar-refractivity contribution in [1.29, 1.82) is 0 Å². The first-order valence-electron chi connectivity index (χ1n) is 7.61. The van der Waals surface area contributed by atoms with E-state index in [1.807, 2.05) is 23.5 Å². The molecule has 1 atom stereocenters. The van der Waals surface area contributed by atoms with E-state index < -0.39 is 11.5 Å². The number of carbonyl (C=O) groups is 2. The lowest BCUT2D eigenvalue weighted by atomic mass is 9.90. The molecule has 7 heteroatoms. The third-order valence-corrected chi connectivity index (χ3v) is 6.94. The lowest BCUT2D eigenvalue weighted by Crippen LogP contribution is -2.57. The van der Waals surface area contributed by atoms with Gasteiger partial charge >= 0.3 is 12.0 Å². The molecule has 2 fully saturated rings. The quantitative estimate of drug-likeness (QED) is 0.689. The van der Waals surface area contributed by atoms with E-state index in [9.17, 15) is 14.7 Å². The summed E-state index contributed by atoms with van der Waals surface area (Å²) in [5.74, 6) is 2.45. The van der Waals surface area contributed by atoms with E-state index in [4.69, 9.17) is 0 Å². The van der Waals surface area contributed by atoms with Gasteiger partial charge in [0.05, 0.1) is 0 Å². The monoisotopic (exact) mass is 332 g/mol. The van der Waals surface area contributed by atoms with Crippen LogP contribution < -0.4 is 10.6 Å². The number of carboxylic acid groups (broad SMARTS) is 1. The molecule has 2 amide bonds. The van der Waals surface area contributed by atoms with Crippen LogP contribution >= 0.6 is 23.5 Å². The Balaban J connectivity index is 1.84. The molecule has 1 saturated heterocycles. The van der Waals surface area contributed by atoms with Crippen LogP contribution in [0.5, 0.6) is 0 Å². The zero-order valence-corrected chi connectivity index (χ0v) is 13.9. The van der Waals surface area contributed by atoms with E-state index in [1.165, 1.54) is 5.75 Å². The van der Waals surface area contributed by atoms with Crippen LogP contribution in [0.4, 0.5) is 4.79 Å². The molecule has 0 spiro atoms. The minimum absolute atomic E-state index is 0.338. The number of hydrogen-bond acceptors (Lipinski definition) is 4. The van der Waals surface area contributed by atoms with Gasteiger partial charge in [-0.15, -0.1) is 0 Å². The summed E-state index contributed by atoms with van der Waals surface area (Å²) in [5.41, 5.74) is -1.07. The van der Waals surface area contributed by atoms with E-state index in [-0.39, 0.29) is 6.03 Å². The molecule has 2 rings (SSSR count). The molecule has 5 nitrogen and oxygen atoms in total. The zero-order valence-electron chi connectivity index (χ0n) is 12.2. The molecule has 0 radical (unpaired) electrons. The highest BCUT2D eigenvalue weighted by Crippen LogP contribution is 2.27. The highest BCUT2D eigenvalue weighted by molar-refractivity contribution is 8.06. The van der Waals surface area contributed by atoms with E-state index in [2.05, 4.69) is 10.6 Å². The Morgan fingerprint density at radius 3 is 2.43 bits per heavy atom. The van der Waals surface area contributed by atoms with Crippen LogP contribution in [0, 0.1) is 0 Å². The summed E-state index contributed by atoms with van der Waals surface area (Å²) in [6, 6.07) is -0.338. The molecule has 2 aliphatic rings. The lowest BCUT2D eigenvalue weighted by Gasteiger charge is -2.30. The average Bonchev–Trinajstić information content (AvgIpc) is 2.73. The van der Waals surface area contributed by atoms with Crippen molar-refractivity contribution in [2.24, 2.45) is 0 Å². The Morgan fingerprint density at radius 2 is 1.86 bits per heavy atom. The Kier molecular flexibility index (Phi) is 6.54. The summed E-state index contributed by atoms with van der Waals surface area (Å²) in [6.07, 6.45) is 4.89. The maximum absolute atomic E-state index is 12.1. The molecule has 0 aromatic rings. The molecule has 1 aliphatic heterocycles. The SMILES string of the molecule is O=C(NCC1CSCCS1)NC1(C(=O)O)CCCCCC1. The van der Waals surface area contributed by atoms with Crippen molar-refractivity contribution >= 4 is 35.5 Å². The first kappa shape index (κ1) is 16.8. The average molecular weight is 332 g/mol. The van der Waals surface area contributed by atoms with Crippen LogP contribution in [0.15, 0.2) is 0 Å². The van der Waals surface area contributed by atoms with Gasteiger partial charge in [-0.25, -0.2) is 9.59 Å². The number of amides is 2. The fraction of sp³-hybridized carbons (Fsp3) is 0.857. The van der Waals surface area contributed by atoms with Gasteiger partial charge in [0.1, 0.15) is 5.54 Å². The number of hydrogen-bond donors (Lipinski definition) is 3. The highest BCUT2D eigenvalue weighted by atomic mass is 32.2. The second kappa shape index (κ2) is 8.17. The number of nitrogens with one attached hydrogen (secondary N) is 2. The summed E-state index contributed by atoms with van der Waals surface area (Å²) < 4.78 is 0. The summed E-state index contributed by atoms with van der Waals surface area (Å²) in [5, 5.41) is 15.6. The topological polar surface area (TPSA) is 78.4 Å². The third-order valence-electron chi connectivity index (χ3n) is 4.09. The first-order chi connectivity index (χ1) is 10.1. The molecule has 120 valence electrons. The van der Waals surface area contributed by atoms with E-state index in [0.29, 0.717) is 24.6 Å². The Bertz CT molecular complexity index is 365. The number of carboxylic acids is 1. The van der Waals surface area contributed by atoms with Gasteiger partial charge in [0.15, 0.2) is 0 Å². The van der Waals surface area contributed by atoms with Gasteiger partial charge in [0.2, 0.25) is 0 Å². The molecule has 0 aromatic heterocycles. The van der Waals surface area contributed by atoms with Crippen LogP contribution in [0.25, 0.3) is 0 Å². The van der Waals surface area contributed by atoms with Crippen molar-refractivity contribution in [2.75, 3.05) is 23.8 Å². The molecular formula is C14H24N2O3S2. The molecule has 1 heterocycles. The Labute approximate surface area is 134 Å². The number of thioether (sulfide) groups is 2. The van der Waals surface area contributed by atoms with Crippen LogP contribution in [0.1, 0.15) is 38.5 Å². The molecule has 0 bridgehead atoms. The fourth-order valence-electron chi connectivity index (χ4n) is 2.85. The number of aliphatic carboxylic acids is 1. The van der Waals surface area contributed by atoms with Crippen LogP contribution in [-0.4, -0.2) is 51.7 Å². The maximum atomic E-state index is 12.1. The normalized spacial score (nSPS) is 25.6. The standard InChI is InChI=1S/C14H24N2O3S2/c17-12(18)14(5-3-1-2-4-6-14)16-13(19)15-9-11-10-20-7-8-21-11/h11H,1-10H2,(H,17,18)(H2,15,16,19). The van der Waals surface area contributed by atoms with Crippen molar-refractivity contribution in [3.8, 4) is 0 Å². The molecule has 3 N–H and O–H groups in total. The largest absolute Gasteiger partial charge is 0.480 e. The van der Waals surface area contributed by atoms with Crippen molar-refractivity contribution in [2.45, 2.75) is 49.3 Å². The lowest BCUT2D eigenvalue weighted by molar-refractivity contribution is -0.145. The molecule has 21 heavy (non-hydrogen) atoms. The van der Waals surface area contributed by atoms with Crippen molar-refractivity contribution in [3.63, 3.8) is 0 Å². The third kappa shape index (κ3) is 4.98. The maximum Gasteiger partial charge on any atom is 0.329 e. The van der Waals surface area contributed by atoms with E-state index in [0.717, 1.165) is 37.2 Å². The highest BCUT2D eigenvalue weighted by Gasteiger charge is 2.40. The van der Waals surface area contributed by atoms with Gasteiger partial charge in [0.25, 0.3) is 0 Å². The summed E-state index contributed by atoms with van der Waals surface area (Å²) in [4.78, 5) is 23.7. The smallest absolute Gasteiger partial charge is 0.329 e. The summed E-state index contributed by atoms with van der Waals surface area (Å²) in [6.45, 7) is 0.610. The van der Waals surface area contributed by atoms with Crippen LogP contribution in [-0.2, 0) is 4.79 Å². The molecule has 1 aliphatic carbocycles. The van der Waals surface area contributed by atoms with Crippen molar-refractivity contribution in [1.82, 2.24) is 10.6 Å².